The van der Waals surface area contributed by atoms with E-state index < -0.39 is 0 Å². The van der Waals surface area contributed by atoms with Crippen LogP contribution < -0.4 is 4.74 Å². The maximum Gasteiger partial charge on any atom is 0.137 e. The van der Waals surface area contributed by atoms with Gasteiger partial charge in [0.05, 0.1) is 35.6 Å². The van der Waals surface area contributed by atoms with Crippen molar-refractivity contribution in [3.05, 3.63) is 212 Å². The topological polar surface area (TPSA) is 121 Å². The van der Waals surface area contributed by atoms with E-state index in [2.05, 4.69) is 119 Å². The van der Waals surface area contributed by atoms with Crippen molar-refractivity contribution in [3.8, 4) is 5.75 Å². The fourth-order valence-corrected chi connectivity index (χ4v) is 6.15. The van der Waals surface area contributed by atoms with E-state index in [9.17, 15) is 0 Å². The van der Waals surface area contributed by atoms with E-state index in [1.165, 1.54) is 44.1 Å². The standard InChI is InChI=1S/C9H9N.C8H7ClN2.C8H8N2.C7H6BrCl.C7H9NO.C7H9N.C6H7N/c1-7-2-3-8-4-5-10-9(8)6-7;1-5-2-3-6-7(4-5)10-11-8(6)9;1-6-2-3-7-5-9-10-8(7)4-6;1-5-2-3-6(8)7(9)4-5;1-6-3-4-7(9-2)5-8-6;1-6-3-4-7(2)8-5-6;1-6-4-2-3-5-7-6/h2-6,10H,1H3;2-4H,1H3,(H,10,11);2-5H,1H3,(H,9,10);2-4H,1H3;3-5H,1-2H3;3-5H,1-2H3;2-5H,1H3. The zero-order valence-electron chi connectivity index (χ0n) is 37.7. The van der Waals surface area contributed by atoms with Crippen molar-refractivity contribution in [2.45, 2.75) is 55.4 Å². The van der Waals surface area contributed by atoms with Gasteiger partial charge in [0.1, 0.15) is 10.9 Å². The molecule has 0 amide bonds. The summed E-state index contributed by atoms with van der Waals surface area (Å²) in [6, 6.07) is 40.3. The van der Waals surface area contributed by atoms with E-state index in [0.717, 1.165) is 48.7 Å². The minimum Gasteiger partial charge on any atom is -0.495 e. The number of nitrogens with one attached hydrogen (secondary N) is 3. The number of halogens is 3. The molecule has 0 radical (unpaired) electrons. The van der Waals surface area contributed by atoms with Gasteiger partial charge in [-0.25, -0.2) is 0 Å². The first-order chi connectivity index (χ1) is 30.7. The maximum absolute atomic E-state index is 5.81. The van der Waals surface area contributed by atoms with E-state index in [0.29, 0.717) is 5.15 Å². The van der Waals surface area contributed by atoms with E-state index in [4.69, 9.17) is 27.9 Å². The van der Waals surface area contributed by atoms with Gasteiger partial charge >= 0.3 is 0 Å². The van der Waals surface area contributed by atoms with Crippen LogP contribution in [0.15, 0.2) is 157 Å². The Labute approximate surface area is 394 Å². The number of ether oxygens (including phenoxy) is 1. The highest BCUT2D eigenvalue weighted by Gasteiger charge is 2.01. The molecule has 330 valence electrons. The highest BCUT2D eigenvalue weighted by molar-refractivity contribution is 9.10. The number of hydrogen-bond acceptors (Lipinski definition) is 6. The summed E-state index contributed by atoms with van der Waals surface area (Å²) in [6.45, 7) is 16.1. The minimum absolute atomic E-state index is 0.611. The van der Waals surface area contributed by atoms with Crippen molar-refractivity contribution in [2.24, 2.45) is 0 Å². The zero-order valence-corrected chi connectivity index (χ0v) is 40.8. The summed E-state index contributed by atoms with van der Waals surface area (Å²) in [4.78, 5) is 15.2. The molecule has 10 aromatic rings. The Bertz CT molecular complexity index is 2800. The van der Waals surface area contributed by atoms with Gasteiger partial charge in [-0.2, -0.15) is 10.2 Å². The first-order valence-electron chi connectivity index (χ1n) is 20.4. The lowest BCUT2D eigenvalue weighted by molar-refractivity contribution is 0.412. The fraction of sp³-hybridized carbons (Fsp3) is 0.173. The number of H-pyrrole nitrogens is 3. The molecular formula is C52H55BrCl2N8O. The van der Waals surface area contributed by atoms with Gasteiger partial charge in [-0.3, -0.25) is 25.1 Å². The highest BCUT2D eigenvalue weighted by atomic mass is 79.9. The number of aromatic nitrogens is 8. The lowest BCUT2D eigenvalue weighted by Gasteiger charge is -1.96. The summed E-state index contributed by atoms with van der Waals surface area (Å²) in [5.41, 5.74) is 12.6. The average Bonchev–Trinajstić information content (AvgIpc) is 4.05. The Morgan fingerprint density at radius 1 is 0.531 bits per heavy atom. The zero-order chi connectivity index (χ0) is 46.4. The third kappa shape index (κ3) is 17.8. The van der Waals surface area contributed by atoms with E-state index in [1.54, 1.807) is 19.5 Å². The lowest BCUT2D eigenvalue weighted by Crippen LogP contribution is -1.84. The summed E-state index contributed by atoms with van der Waals surface area (Å²) >= 11 is 14.9. The molecule has 0 aliphatic heterocycles. The van der Waals surface area contributed by atoms with Crippen LogP contribution >= 0.6 is 39.1 Å². The van der Waals surface area contributed by atoms with Crippen molar-refractivity contribution in [1.29, 1.82) is 0 Å². The van der Waals surface area contributed by atoms with Crippen molar-refractivity contribution in [1.82, 2.24) is 40.3 Å². The monoisotopic (exact) mass is 956 g/mol. The maximum atomic E-state index is 5.81. The molecule has 6 aromatic heterocycles. The first-order valence-corrected chi connectivity index (χ1v) is 21.9. The van der Waals surface area contributed by atoms with Crippen molar-refractivity contribution < 1.29 is 4.74 Å². The molecule has 0 saturated heterocycles. The molecule has 9 nitrogen and oxygen atoms in total. The number of fused-ring (bicyclic) bond motifs is 3. The SMILES string of the molecule is COc1ccc(C)nc1.Cc1ccc(Br)c(Cl)c1.Cc1ccc(C)nc1.Cc1ccc2c(Cl)[nH]nc2c1.Cc1ccc2cc[nH]c2c1.Cc1ccc2cn[nH]c2c1.Cc1ccccn1. The number of aryl methyl sites for hydroxylation is 8. The Morgan fingerprint density at radius 2 is 1.14 bits per heavy atom. The Kier molecular flexibility index (Phi) is 20.7. The van der Waals surface area contributed by atoms with Crippen LogP contribution in [0.4, 0.5) is 0 Å². The molecule has 12 heteroatoms. The summed E-state index contributed by atoms with van der Waals surface area (Å²) in [7, 11) is 1.63. The highest BCUT2D eigenvalue weighted by Crippen LogP contribution is 2.23. The molecule has 0 aliphatic carbocycles. The van der Waals surface area contributed by atoms with Gasteiger partial charge in [0, 0.05) is 56.4 Å². The Balaban J connectivity index is 0.000000164. The molecule has 64 heavy (non-hydrogen) atoms. The molecule has 0 unspecified atom stereocenters. The Hall–Kier alpha value is -6.33. The molecule has 0 spiro atoms. The van der Waals surface area contributed by atoms with Crippen molar-refractivity contribution >= 4 is 71.8 Å². The van der Waals surface area contributed by atoms with E-state index >= 15 is 0 Å². The normalized spacial score (nSPS) is 9.88. The van der Waals surface area contributed by atoms with Crippen LogP contribution in [0.2, 0.25) is 10.2 Å². The second kappa shape index (κ2) is 26.3. The summed E-state index contributed by atoms with van der Waals surface area (Å²) in [5.74, 6) is 0.806. The molecule has 0 bridgehead atoms. The number of pyridine rings is 3. The second-order valence-corrected chi connectivity index (χ2v) is 16.4. The van der Waals surface area contributed by atoms with Gasteiger partial charge in [-0.1, -0.05) is 71.7 Å². The van der Waals surface area contributed by atoms with Crippen LogP contribution in [0, 0.1) is 55.4 Å². The summed E-state index contributed by atoms with van der Waals surface area (Å²) in [6.07, 6.45) is 9.15. The largest absolute Gasteiger partial charge is 0.495 e. The molecule has 3 N–H and O–H groups in total. The van der Waals surface area contributed by atoms with Crippen LogP contribution in [0.25, 0.3) is 32.7 Å². The van der Waals surface area contributed by atoms with Gasteiger partial charge in [0.25, 0.3) is 0 Å². The van der Waals surface area contributed by atoms with Crippen LogP contribution in [-0.4, -0.2) is 47.4 Å². The molecule has 0 saturated carbocycles. The molecule has 0 atom stereocenters. The molecular weight excluding hydrogens is 903 g/mol. The molecule has 0 fully saturated rings. The molecule has 10 rings (SSSR count). The van der Waals surface area contributed by atoms with Crippen LogP contribution in [0.3, 0.4) is 0 Å². The van der Waals surface area contributed by atoms with Gasteiger partial charge in [-0.15, -0.1) is 0 Å². The fourth-order valence-electron chi connectivity index (χ4n) is 5.47. The minimum atomic E-state index is 0.611. The van der Waals surface area contributed by atoms with Crippen LogP contribution in [0.5, 0.6) is 5.75 Å². The van der Waals surface area contributed by atoms with Crippen LogP contribution in [-0.2, 0) is 0 Å². The molecule has 4 aromatic carbocycles. The number of nitrogens with zero attached hydrogens (tertiary/aromatic N) is 5. The lowest BCUT2D eigenvalue weighted by atomic mass is 10.2. The number of aromatic amines is 3. The van der Waals surface area contributed by atoms with E-state index in [1.807, 2.05) is 133 Å². The molecule has 6 heterocycles. The van der Waals surface area contributed by atoms with E-state index in [-0.39, 0.29) is 0 Å². The van der Waals surface area contributed by atoms with Crippen molar-refractivity contribution in [2.75, 3.05) is 7.11 Å². The number of hydrogen-bond donors (Lipinski definition) is 3. The predicted octanol–water partition coefficient (Wildman–Crippen LogP) is 14.8. The average molecular weight is 959 g/mol. The number of rotatable bonds is 1. The van der Waals surface area contributed by atoms with Gasteiger partial charge in [0.2, 0.25) is 0 Å². The quantitative estimate of drug-likeness (QED) is 0.151. The molecule has 0 aliphatic rings. The van der Waals surface area contributed by atoms with Crippen LogP contribution in [0.1, 0.15) is 44.9 Å². The first kappa shape index (κ1) is 50.3. The third-order valence-electron chi connectivity index (χ3n) is 9.04. The van der Waals surface area contributed by atoms with Gasteiger partial charge < -0.3 is 9.72 Å². The van der Waals surface area contributed by atoms with Gasteiger partial charge in [-0.05, 0) is 177 Å². The number of methoxy groups -OCH3 is 1. The summed E-state index contributed by atoms with van der Waals surface area (Å²) in [5, 5.41) is 18.4. The Morgan fingerprint density at radius 3 is 1.72 bits per heavy atom. The second-order valence-electron chi connectivity index (χ2n) is 14.8. The predicted molar refractivity (Wildman–Crippen MR) is 272 cm³/mol. The number of benzene rings is 4. The smallest absolute Gasteiger partial charge is 0.137 e. The third-order valence-corrected chi connectivity index (χ3v) is 10.6. The summed E-state index contributed by atoms with van der Waals surface area (Å²) < 4.78 is 5.86. The van der Waals surface area contributed by atoms with Crippen molar-refractivity contribution in [3.63, 3.8) is 0 Å². The van der Waals surface area contributed by atoms with Gasteiger partial charge in [0.15, 0.2) is 0 Å².